The summed E-state index contributed by atoms with van der Waals surface area (Å²) in [5.41, 5.74) is 18.9. The molecular weight excluding hydrogens is 555 g/mol. The average molecular weight is 585 g/mol. The van der Waals surface area contributed by atoms with E-state index in [1.165, 1.54) is 94.0 Å². The van der Waals surface area contributed by atoms with Gasteiger partial charge in [-0.15, -0.1) is 0 Å². The van der Waals surface area contributed by atoms with Crippen molar-refractivity contribution in [2.45, 2.75) is 19.3 Å². The second-order valence-electron chi connectivity index (χ2n) is 13.2. The largest absolute Gasteiger partial charge is 0.311 e. The van der Waals surface area contributed by atoms with Crippen LogP contribution in [0.4, 0.5) is 0 Å². The smallest absolute Gasteiger partial charge is 0.252 e. The number of para-hydroxylation sites is 3. The number of rotatable bonds is 3. The third kappa shape index (κ3) is 3.17. The van der Waals surface area contributed by atoms with E-state index in [1.54, 1.807) is 0 Å². The molecule has 6 aromatic carbocycles. The number of nitrogens with zero attached hydrogens (tertiary/aromatic N) is 2. The molecule has 46 heavy (non-hydrogen) atoms. The molecule has 0 amide bonds. The van der Waals surface area contributed by atoms with Crippen LogP contribution < -0.4 is 16.4 Å². The van der Waals surface area contributed by atoms with E-state index in [1.807, 2.05) is 0 Å². The first-order valence-electron chi connectivity index (χ1n) is 16.5. The summed E-state index contributed by atoms with van der Waals surface area (Å²) < 4.78 is 5.18. The van der Waals surface area contributed by atoms with Crippen molar-refractivity contribution in [1.82, 2.24) is 9.13 Å². The molecule has 11 rings (SSSR count). The Kier molecular flexibility index (Phi) is 4.85. The minimum Gasteiger partial charge on any atom is -0.311 e. The van der Waals surface area contributed by atoms with Crippen molar-refractivity contribution in [1.29, 1.82) is 0 Å². The van der Waals surface area contributed by atoms with Gasteiger partial charge in [-0.1, -0.05) is 115 Å². The summed E-state index contributed by atoms with van der Waals surface area (Å²) in [5, 5.41) is 4.07. The van der Waals surface area contributed by atoms with Gasteiger partial charge in [0.2, 0.25) is 0 Å². The second-order valence-corrected chi connectivity index (χ2v) is 13.2. The highest BCUT2D eigenvalue weighted by atomic mass is 15.0. The van der Waals surface area contributed by atoms with Crippen molar-refractivity contribution >= 4 is 61.9 Å². The van der Waals surface area contributed by atoms with Gasteiger partial charge in [-0.3, -0.25) is 0 Å². The molecule has 3 aliphatic rings. The Morgan fingerprint density at radius 1 is 0.565 bits per heavy atom. The molecule has 3 heteroatoms. The summed E-state index contributed by atoms with van der Waals surface area (Å²) in [5.74, 6) is 0. The molecule has 1 aliphatic carbocycles. The van der Waals surface area contributed by atoms with Crippen molar-refractivity contribution in [2.24, 2.45) is 0 Å². The normalized spacial score (nSPS) is 13.9. The van der Waals surface area contributed by atoms with Gasteiger partial charge in [-0.25, -0.2) is 0 Å². The summed E-state index contributed by atoms with van der Waals surface area (Å²) in [6.07, 6.45) is 7.87. The van der Waals surface area contributed by atoms with E-state index in [4.69, 9.17) is 0 Å². The number of benzene rings is 6. The molecule has 0 bridgehead atoms. The van der Waals surface area contributed by atoms with Gasteiger partial charge in [0.1, 0.15) is 0 Å². The summed E-state index contributed by atoms with van der Waals surface area (Å²) >= 11 is 0. The number of aryl methyl sites for hydroxylation is 1. The predicted octanol–water partition coefficient (Wildman–Crippen LogP) is 8.09. The molecule has 214 valence electrons. The number of aromatic nitrogens is 2. The summed E-state index contributed by atoms with van der Waals surface area (Å²) in [7, 11) is 0. The summed E-state index contributed by atoms with van der Waals surface area (Å²) in [6, 6.07) is 47.9. The molecule has 0 radical (unpaired) electrons. The Morgan fingerprint density at radius 2 is 1.24 bits per heavy atom. The van der Waals surface area contributed by atoms with Gasteiger partial charge in [-0.05, 0) is 87.7 Å². The van der Waals surface area contributed by atoms with Crippen LogP contribution in [0.25, 0.3) is 61.3 Å². The van der Waals surface area contributed by atoms with Gasteiger partial charge in [0.15, 0.2) is 0 Å². The zero-order valence-electron chi connectivity index (χ0n) is 25.4. The fourth-order valence-corrected chi connectivity index (χ4v) is 8.90. The lowest BCUT2D eigenvalue weighted by Crippen LogP contribution is -2.59. The first kappa shape index (κ1) is 24.7. The van der Waals surface area contributed by atoms with Gasteiger partial charge < -0.3 is 9.13 Å². The van der Waals surface area contributed by atoms with E-state index in [0.29, 0.717) is 0 Å². The van der Waals surface area contributed by atoms with Crippen LogP contribution in [-0.4, -0.2) is 15.8 Å². The number of fused-ring (bicyclic) bond motifs is 10. The highest BCUT2D eigenvalue weighted by molar-refractivity contribution is 7.00. The fourth-order valence-electron chi connectivity index (χ4n) is 8.90. The van der Waals surface area contributed by atoms with E-state index >= 15 is 0 Å². The Hall–Kier alpha value is -5.54. The Labute approximate surface area is 267 Å². The monoisotopic (exact) mass is 584 g/mol. The quantitative estimate of drug-likeness (QED) is 0.186. The number of hydrogen-bond acceptors (Lipinski definition) is 0. The van der Waals surface area contributed by atoms with Gasteiger partial charge in [-0.2, -0.15) is 0 Å². The van der Waals surface area contributed by atoms with E-state index in [9.17, 15) is 0 Å². The van der Waals surface area contributed by atoms with Gasteiger partial charge >= 0.3 is 0 Å². The standard InChI is InChI=1S/C43H29BN2/c1-2-10-27(11-3-1)24-28-20-22-29(23-21-28)30-25-39-41-40(26-30)46-38-19-7-5-13-32(38)34-15-9-17-36(43(34)46)44(41)35-16-8-14-33-31-12-4-6-18-37(31)45(39)42(33)35/h1-4,6-12,14-23,25-26H,5,13,24H2. The molecule has 0 fully saturated rings. The van der Waals surface area contributed by atoms with Crippen molar-refractivity contribution in [3.8, 4) is 22.5 Å². The number of allylic oxidation sites excluding steroid dienone is 1. The van der Waals surface area contributed by atoms with Crippen LogP contribution in [0, 0.1) is 0 Å². The van der Waals surface area contributed by atoms with Crippen LogP contribution in [0.2, 0.25) is 0 Å². The minimum atomic E-state index is 0.185. The van der Waals surface area contributed by atoms with Crippen molar-refractivity contribution < 1.29 is 0 Å². The zero-order valence-corrected chi connectivity index (χ0v) is 25.4. The maximum atomic E-state index is 2.61. The first-order valence-corrected chi connectivity index (χ1v) is 16.5. The van der Waals surface area contributed by atoms with Crippen molar-refractivity contribution in [2.75, 3.05) is 0 Å². The third-order valence-corrected chi connectivity index (χ3v) is 10.8. The second kappa shape index (κ2) is 9.02. The minimum absolute atomic E-state index is 0.185. The third-order valence-electron chi connectivity index (χ3n) is 10.8. The topological polar surface area (TPSA) is 9.86 Å². The molecule has 0 unspecified atom stereocenters. The molecule has 2 aromatic heterocycles. The molecule has 0 saturated carbocycles. The van der Waals surface area contributed by atoms with E-state index in [2.05, 4.69) is 149 Å². The van der Waals surface area contributed by atoms with Gasteiger partial charge in [0.25, 0.3) is 6.71 Å². The van der Waals surface area contributed by atoms with Crippen molar-refractivity contribution in [3.05, 3.63) is 156 Å². The predicted molar refractivity (Wildman–Crippen MR) is 194 cm³/mol. The lowest BCUT2D eigenvalue weighted by atomic mass is 9.34. The van der Waals surface area contributed by atoms with Crippen LogP contribution in [-0.2, 0) is 12.8 Å². The molecule has 4 heterocycles. The van der Waals surface area contributed by atoms with E-state index in [0.717, 1.165) is 19.3 Å². The molecule has 0 spiro atoms. The Morgan fingerprint density at radius 3 is 2.07 bits per heavy atom. The molecule has 8 aromatic rings. The van der Waals surface area contributed by atoms with Gasteiger partial charge in [0.05, 0.1) is 5.52 Å². The van der Waals surface area contributed by atoms with Crippen LogP contribution in [0.5, 0.6) is 0 Å². The molecule has 2 aliphatic heterocycles. The Bertz CT molecular complexity index is 2600. The van der Waals surface area contributed by atoms with Crippen LogP contribution >= 0.6 is 0 Å². The zero-order chi connectivity index (χ0) is 29.9. The number of hydrogen-bond donors (Lipinski definition) is 0. The highest BCUT2D eigenvalue weighted by Crippen LogP contribution is 2.41. The first-order chi connectivity index (χ1) is 22.8. The lowest BCUT2D eigenvalue weighted by molar-refractivity contribution is 0.968. The summed E-state index contributed by atoms with van der Waals surface area (Å²) in [6.45, 7) is 0.185. The highest BCUT2D eigenvalue weighted by Gasteiger charge is 2.41. The summed E-state index contributed by atoms with van der Waals surface area (Å²) in [4.78, 5) is 0. The maximum Gasteiger partial charge on any atom is 0.252 e. The maximum absolute atomic E-state index is 2.61. The SMILES string of the molecule is C1=Cc2c(c3cccc4c3n2-c2cc(-c3ccc(Cc5ccccc5)cc3)cc3c2B4c2cccc4c5ccccc5n-3c24)CC1. The van der Waals surface area contributed by atoms with E-state index in [-0.39, 0.29) is 6.71 Å². The van der Waals surface area contributed by atoms with Crippen LogP contribution in [0.3, 0.4) is 0 Å². The van der Waals surface area contributed by atoms with Crippen molar-refractivity contribution in [3.63, 3.8) is 0 Å². The van der Waals surface area contributed by atoms with Crippen LogP contribution in [0.15, 0.2) is 133 Å². The molecule has 2 nitrogen and oxygen atoms in total. The van der Waals surface area contributed by atoms with Crippen LogP contribution in [0.1, 0.15) is 28.8 Å². The molecule has 0 N–H and O–H groups in total. The Balaban J connectivity index is 1.23. The molecular formula is C43H29BN2. The molecule has 0 saturated heterocycles. The average Bonchev–Trinajstić information content (AvgIpc) is 3.64. The van der Waals surface area contributed by atoms with Gasteiger partial charge in [0, 0.05) is 44.3 Å². The lowest BCUT2D eigenvalue weighted by Gasteiger charge is -2.34. The molecule has 0 atom stereocenters. The van der Waals surface area contributed by atoms with E-state index < -0.39 is 0 Å². The fraction of sp³-hybridized carbons (Fsp3) is 0.0698.